The lowest BCUT2D eigenvalue weighted by Crippen LogP contribution is -2.56. The van der Waals surface area contributed by atoms with Gasteiger partial charge in [0.15, 0.2) is 0 Å². The van der Waals surface area contributed by atoms with E-state index in [1.807, 2.05) is 0 Å². The van der Waals surface area contributed by atoms with Crippen molar-refractivity contribution in [3.05, 3.63) is 12.4 Å². The fraction of sp³-hybridized carbons (Fsp3) is 0.778. The van der Waals surface area contributed by atoms with Crippen molar-refractivity contribution in [3.8, 4) is 0 Å². The van der Waals surface area contributed by atoms with E-state index >= 15 is 0 Å². The predicted molar refractivity (Wildman–Crippen MR) is 52.5 cm³/mol. The number of aliphatic hydroxyl groups excluding tert-OH is 2. The van der Waals surface area contributed by atoms with Crippen LogP contribution in [0, 0.1) is 0 Å². The average molecular weight is 229 g/mol. The van der Waals surface area contributed by atoms with Crippen molar-refractivity contribution in [2.75, 3.05) is 20.3 Å². The van der Waals surface area contributed by atoms with Gasteiger partial charge in [-0.15, -0.1) is 5.10 Å². The Bertz CT molecular complexity index is 332. The van der Waals surface area contributed by atoms with Gasteiger partial charge < -0.3 is 19.7 Å². The molecule has 7 nitrogen and oxygen atoms in total. The Morgan fingerprint density at radius 2 is 2.50 bits per heavy atom. The van der Waals surface area contributed by atoms with Gasteiger partial charge in [-0.05, 0) is 0 Å². The maximum atomic E-state index is 10.0. The van der Waals surface area contributed by atoms with Crippen LogP contribution in [0.25, 0.3) is 0 Å². The molecule has 1 fully saturated rings. The maximum absolute atomic E-state index is 10.0. The summed E-state index contributed by atoms with van der Waals surface area (Å²) >= 11 is 0. The zero-order valence-corrected chi connectivity index (χ0v) is 8.98. The summed E-state index contributed by atoms with van der Waals surface area (Å²) in [6, 6.07) is 0. The van der Waals surface area contributed by atoms with Crippen molar-refractivity contribution in [1.29, 1.82) is 0 Å². The Kier molecular flexibility index (Phi) is 3.20. The Balaban J connectivity index is 2.23. The monoisotopic (exact) mass is 229 g/mol. The molecule has 2 rings (SSSR count). The van der Waals surface area contributed by atoms with Crippen molar-refractivity contribution < 1.29 is 19.7 Å². The van der Waals surface area contributed by atoms with Crippen LogP contribution in [0.5, 0.6) is 0 Å². The first-order valence-electron chi connectivity index (χ1n) is 5.05. The summed E-state index contributed by atoms with van der Waals surface area (Å²) in [5, 5.41) is 26.9. The third-order valence-corrected chi connectivity index (χ3v) is 2.90. The fourth-order valence-corrected chi connectivity index (χ4v) is 1.85. The smallest absolute Gasteiger partial charge is 0.211 e. The molecule has 2 N–H and O–H groups in total. The van der Waals surface area contributed by atoms with Crippen LogP contribution in [-0.4, -0.2) is 57.7 Å². The zero-order chi connectivity index (χ0) is 11.6. The lowest BCUT2D eigenvalue weighted by molar-refractivity contribution is -0.255. The molecule has 3 atom stereocenters. The molecule has 0 aliphatic carbocycles. The first-order chi connectivity index (χ1) is 7.73. The van der Waals surface area contributed by atoms with Crippen LogP contribution in [0.15, 0.2) is 12.4 Å². The third kappa shape index (κ3) is 1.71. The topological polar surface area (TPSA) is 89.6 Å². The SMILES string of the molecule is COC1COC(CO)(n2ccnn2)C(O)C1. The van der Waals surface area contributed by atoms with Gasteiger partial charge in [0.05, 0.1) is 25.5 Å². The van der Waals surface area contributed by atoms with Crippen LogP contribution in [0.2, 0.25) is 0 Å². The second kappa shape index (κ2) is 4.46. The molecule has 3 unspecified atom stereocenters. The number of nitrogens with zero attached hydrogens (tertiary/aromatic N) is 3. The van der Waals surface area contributed by atoms with Crippen LogP contribution >= 0.6 is 0 Å². The summed E-state index contributed by atoms with van der Waals surface area (Å²) in [7, 11) is 1.56. The van der Waals surface area contributed by atoms with Crippen molar-refractivity contribution in [2.45, 2.75) is 24.4 Å². The second-order valence-corrected chi connectivity index (χ2v) is 3.77. The molecule has 1 aliphatic heterocycles. The molecule has 7 heteroatoms. The summed E-state index contributed by atoms with van der Waals surface area (Å²) in [6.07, 6.45) is 2.34. The molecule has 0 aromatic carbocycles. The van der Waals surface area contributed by atoms with Gasteiger partial charge in [0.1, 0.15) is 6.10 Å². The molecule has 2 heterocycles. The lowest BCUT2D eigenvalue weighted by atomic mass is 9.98. The summed E-state index contributed by atoms with van der Waals surface area (Å²) in [6.45, 7) is -0.0675. The highest BCUT2D eigenvalue weighted by Crippen LogP contribution is 2.30. The van der Waals surface area contributed by atoms with Gasteiger partial charge in [-0.1, -0.05) is 5.21 Å². The summed E-state index contributed by atoms with van der Waals surface area (Å²) in [5.74, 6) is 0. The van der Waals surface area contributed by atoms with E-state index in [2.05, 4.69) is 10.3 Å². The van der Waals surface area contributed by atoms with Gasteiger partial charge in [0.2, 0.25) is 5.72 Å². The molecule has 16 heavy (non-hydrogen) atoms. The van der Waals surface area contributed by atoms with E-state index in [4.69, 9.17) is 9.47 Å². The fourth-order valence-electron chi connectivity index (χ4n) is 1.85. The predicted octanol–water partition coefficient (Wildman–Crippen LogP) is -1.28. The lowest BCUT2D eigenvalue weighted by Gasteiger charge is -2.41. The first-order valence-corrected chi connectivity index (χ1v) is 5.05. The highest BCUT2D eigenvalue weighted by Gasteiger charge is 2.46. The van der Waals surface area contributed by atoms with Gasteiger partial charge in [0, 0.05) is 19.7 Å². The van der Waals surface area contributed by atoms with Crippen LogP contribution < -0.4 is 0 Å². The van der Waals surface area contributed by atoms with Crippen LogP contribution in [-0.2, 0) is 15.2 Å². The third-order valence-electron chi connectivity index (χ3n) is 2.90. The summed E-state index contributed by atoms with van der Waals surface area (Å²) in [5.41, 5.74) is -1.24. The number of aromatic nitrogens is 3. The van der Waals surface area contributed by atoms with Crippen LogP contribution in [0.4, 0.5) is 0 Å². The minimum atomic E-state index is -1.24. The Morgan fingerprint density at radius 3 is 3.00 bits per heavy atom. The van der Waals surface area contributed by atoms with Crippen molar-refractivity contribution in [2.24, 2.45) is 0 Å². The summed E-state index contributed by atoms with van der Waals surface area (Å²) in [4.78, 5) is 0. The molecule has 0 amide bonds. The molecule has 90 valence electrons. The average Bonchev–Trinajstić information content (AvgIpc) is 2.83. The molecule has 1 aromatic rings. The summed E-state index contributed by atoms with van der Waals surface area (Å²) < 4.78 is 12.0. The van der Waals surface area contributed by atoms with Gasteiger partial charge in [-0.3, -0.25) is 0 Å². The highest BCUT2D eigenvalue weighted by atomic mass is 16.6. The van der Waals surface area contributed by atoms with E-state index in [-0.39, 0.29) is 12.7 Å². The first kappa shape index (κ1) is 11.5. The molecule has 0 bridgehead atoms. The standard InChI is InChI=1S/C9H15N3O4/c1-15-7-4-8(14)9(6-13,16-5-7)12-3-2-10-11-12/h2-3,7-8,13-14H,4-6H2,1H3. The largest absolute Gasteiger partial charge is 0.391 e. The number of hydrogen-bond donors (Lipinski definition) is 2. The second-order valence-electron chi connectivity index (χ2n) is 3.77. The van der Waals surface area contributed by atoms with Crippen molar-refractivity contribution in [3.63, 3.8) is 0 Å². The maximum Gasteiger partial charge on any atom is 0.211 e. The van der Waals surface area contributed by atoms with E-state index in [9.17, 15) is 10.2 Å². The van der Waals surface area contributed by atoms with E-state index < -0.39 is 11.8 Å². The number of rotatable bonds is 3. The van der Waals surface area contributed by atoms with Gasteiger partial charge in [0.25, 0.3) is 0 Å². The van der Waals surface area contributed by atoms with E-state index in [1.54, 1.807) is 13.3 Å². The van der Waals surface area contributed by atoms with Crippen LogP contribution in [0.1, 0.15) is 6.42 Å². The minimum absolute atomic E-state index is 0.168. The quantitative estimate of drug-likeness (QED) is 0.671. The molecule has 0 spiro atoms. The molecule has 1 aliphatic rings. The van der Waals surface area contributed by atoms with Crippen molar-refractivity contribution in [1.82, 2.24) is 15.0 Å². The number of methoxy groups -OCH3 is 1. The van der Waals surface area contributed by atoms with E-state index in [0.29, 0.717) is 13.0 Å². The van der Waals surface area contributed by atoms with Gasteiger partial charge >= 0.3 is 0 Å². The van der Waals surface area contributed by atoms with Crippen LogP contribution in [0.3, 0.4) is 0 Å². The van der Waals surface area contributed by atoms with E-state index in [1.165, 1.54) is 10.9 Å². The minimum Gasteiger partial charge on any atom is -0.391 e. The van der Waals surface area contributed by atoms with Crippen molar-refractivity contribution >= 4 is 0 Å². The Labute approximate surface area is 92.6 Å². The Morgan fingerprint density at radius 1 is 1.69 bits per heavy atom. The Hall–Kier alpha value is -1.02. The number of ether oxygens (including phenoxy) is 2. The van der Waals surface area contributed by atoms with Gasteiger partial charge in [-0.2, -0.15) is 0 Å². The van der Waals surface area contributed by atoms with E-state index in [0.717, 1.165) is 0 Å². The number of aliphatic hydroxyl groups is 2. The molecule has 1 saturated heterocycles. The molecule has 1 aromatic heterocycles. The molecular formula is C9H15N3O4. The normalized spacial score (nSPS) is 35.2. The molecular weight excluding hydrogens is 214 g/mol. The molecule has 0 radical (unpaired) electrons. The zero-order valence-electron chi connectivity index (χ0n) is 8.98. The van der Waals surface area contributed by atoms with Gasteiger partial charge in [-0.25, -0.2) is 4.68 Å². The molecule has 0 saturated carbocycles. The highest BCUT2D eigenvalue weighted by molar-refractivity contribution is 4.90. The number of hydrogen-bond acceptors (Lipinski definition) is 6.